The molecule has 1 N–H and O–H groups in total. The molecule has 1 aromatic carbocycles. The summed E-state index contributed by atoms with van der Waals surface area (Å²) in [7, 11) is 3.94. The molecule has 0 saturated carbocycles. The Morgan fingerprint density at radius 3 is 2.77 bits per heavy atom. The van der Waals surface area contributed by atoms with Gasteiger partial charge in [0.2, 0.25) is 0 Å². The highest BCUT2D eigenvalue weighted by Crippen LogP contribution is 2.18. The van der Waals surface area contributed by atoms with Crippen LogP contribution in [0.3, 0.4) is 0 Å². The largest absolute Gasteiger partial charge is 0.491 e. The molecule has 22 heavy (non-hydrogen) atoms. The number of imidazole rings is 1. The second-order valence-electron chi connectivity index (χ2n) is 5.88. The summed E-state index contributed by atoms with van der Waals surface area (Å²) in [5.74, 6) is 1.81. The molecule has 0 aliphatic carbocycles. The van der Waals surface area contributed by atoms with E-state index in [1.807, 2.05) is 48.8 Å². The van der Waals surface area contributed by atoms with Gasteiger partial charge >= 0.3 is 0 Å². The predicted molar refractivity (Wildman–Crippen MR) is 87.0 cm³/mol. The zero-order valence-corrected chi connectivity index (χ0v) is 13.8. The summed E-state index contributed by atoms with van der Waals surface area (Å²) in [6, 6.07) is 6.05. The van der Waals surface area contributed by atoms with Crippen LogP contribution in [0.1, 0.15) is 17.0 Å². The molecule has 0 saturated heterocycles. The van der Waals surface area contributed by atoms with Crippen molar-refractivity contribution in [2.24, 2.45) is 7.05 Å². The van der Waals surface area contributed by atoms with Crippen LogP contribution in [0.5, 0.6) is 5.75 Å². The van der Waals surface area contributed by atoms with Crippen LogP contribution in [0, 0.1) is 13.8 Å². The van der Waals surface area contributed by atoms with Crippen molar-refractivity contribution in [1.82, 2.24) is 14.5 Å². The standard InChI is InChI=1S/C17H25N3O2/c1-13-5-6-16(14(2)9-13)22-12-15(21)10-19(3)11-17-18-7-8-20(17)4/h5-9,15,21H,10-12H2,1-4H3. The number of benzene rings is 1. The third kappa shape index (κ3) is 4.58. The summed E-state index contributed by atoms with van der Waals surface area (Å²) in [4.78, 5) is 6.32. The van der Waals surface area contributed by atoms with Crippen molar-refractivity contribution in [2.75, 3.05) is 20.2 Å². The molecule has 5 heteroatoms. The van der Waals surface area contributed by atoms with E-state index in [9.17, 15) is 5.11 Å². The van der Waals surface area contributed by atoms with E-state index in [1.165, 1.54) is 5.56 Å². The van der Waals surface area contributed by atoms with Crippen molar-refractivity contribution in [3.63, 3.8) is 0 Å². The lowest BCUT2D eigenvalue weighted by Gasteiger charge is -2.21. The number of aliphatic hydroxyl groups is 1. The first-order valence-corrected chi connectivity index (χ1v) is 7.48. The van der Waals surface area contributed by atoms with Crippen molar-refractivity contribution in [3.8, 4) is 5.75 Å². The van der Waals surface area contributed by atoms with Gasteiger partial charge in [-0.2, -0.15) is 0 Å². The molecule has 2 aromatic rings. The molecule has 0 fully saturated rings. The van der Waals surface area contributed by atoms with E-state index in [1.54, 1.807) is 6.20 Å². The van der Waals surface area contributed by atoms with Gasteiger partial charge < -0.3 is 14.4 Å². The second kappa shape index (κ2) is 7.42. The van der Waals surface area contributed by atoms with Crippen molar-refractivity contribution in [1.29, 1.82) is 0 Å². The van der Waals surface area contributed by atoms with Crippen molar-refractivity contribution in [3.05, 3.63) is 47.5 Å². The third-order valence-corrected chi connectivity index (χ3v) is 3.62. The summed E-state index contributed by atoms with van der Waals surface area (Å²) in [6.45, 7) is 5.59. The summed E-state index contributed by atoms with van der Waals surface area (Å²) >= 11 is 0. The van der Waals surface area contributed by atoms with Crippen LogP contribution < -0.4 is 4.74 Å². The van der Waals surface area contributed by atoms with Crippen molar-refractivity contribution in [2.45, 2.75) is 26.5 Å². The van der Waals surface area contributed by atoms with Gasteiger partial charge in [0.05, 0.1) is 6.54 Å². The van der Waals surface area contributed by atoms with Crippen LogP contribution in [0.4, 0.5) is 0 Å². The molecular weight excluding hydrogens is 278 g/mol. The minimum atomic E-state index is -0.536. The maximum absolute atomic E-state index is 10.1. The fourth-order valence-electron chi connectivity index (χ4n) is 2.41. The zero-order chi connectivity index (χ0) is 16.1. The monoisotopic (exact) mass is 303 g/mol. The Labute approximate surface area is 132 Å². The van der Waals surface area contributed by atoms with Crippen LogP contribution in [-0.4, -0.2) is 45.9 Å². The van der Waals surface area contributed by atoms with E-state index < -0.39 is 6.10 Å². The Morgan fingerprint density at radius 1 is 1.36 bits per heavy atom. The van der Waals surface area contributed by atoms with Gasteiger partial charge in [0, 0.05) is 26.0 Å². The van der Waals surface area contributed by atoms with Gasteiger partial charge in [-0.3, -0.25) is 4.90 Å². The van der Waals surface area contributed by atoms with E-state index in [4.69, 9.17) is 4.74 Å². The van der Waals surface area contributed by atoms with Gasteiger partial charge in [0.25, 0.3) is 0 Å². The first kappa shape index (κ1) is 16.5. The number of hydrogen-bond donors (Lipinski definition) is 1. The Kier molecular flexibility index (Phi) is 5.57. The van der Waals surface area contributed by atoms with Crippen LogP contribution in [0.15, 0.2) is 30.6 Å². The van der Waals surface area contributed by atoms with Crippen molar-refractivity contribution >= 4 is 0 Å². The van der Waals surface area contributed by atoms with E-state index in [0.717, 1.165) is 17.1 Å². The minimum absolute atomic E-state index is 0.287. The molecule has 1 heterocycles. The molecule has 0 bridgehead atoms. The Bertz CT molecular complexity index is 610. The fourth-order valence-corrected chi connectivity index (χ4v) is 2.41. The lowest BCUT2D eigenvalue weighted by atomic mass is 10.1. The third-order valence-electron chi connectivity index (χ3n) is 3.62. The fraction of sp³-hybridized carbons (Fsp3) is 0.471. The zero-order valence-electron chi connectivity index (χ0n) is 13.8. The summed E-state index contributed by atoms with van der Waals surface area (Å²) < 4.78 is 7.70. The molecule has 120 valence electrons. The summed E-state index contributed by atoms with van der Waals surface area (Å²) in [5, 5.41) is 10.1. The Morgan fingerprint density at radius 2 is 2.14 bits per heavy atom. The van der Waals surface area contributed by atoms with E-state index in [0.29, 0.717) is 13.1 Å². The SMILES string of the molecule is Cc1ccc(OCC(O)CN(C)Cc2nccn2C)c(C)c1. The second-order valence-corrected chi connectivity index (χ2v) is 5.88. The first-order chi connectivity index (χ1) is 10.5. The molecule has 0 aliphatic rings. The maximum Gasteiger partial charge on any atom is 0.122 e. The number of likely N-dealkylation sites (N-methyl/N-ethyl adjacent to an activating group) is 1. The summed E-state index contributed by atoms with van der Waals surface area (Å²) in [6.07, 6.45) is 3.16. The molecule has 0 amide bonds. The predicted octanol–water partition coefficient (Wildman–Crippen LogP) is 1.91. The topological polar surface area (TPSA) is 50.5 Å². The smallest absolute Gasteiger partial charge is 0.122 e. The quantitative estimate of drug-likeness (QED) is 0.849. The number of aliphatic hydroxyl groups excluding tert-OH is 1. The summed E-state index contributed by atoms with van der Waals surface area (Å²) in [5.41, 5.74) is 2.30. The van der Waals surface area contributed by atoms with Gasteiger partial charge in [-0.1, -0.05) is 17.7 Å². The maximum atomic E-state index is 10.1. The number of aromatic nitrogens is 2. The molecule has 1 atom stereocenters. The van der Waals surface area contributed by atoms with Crippen LogP contribution in [0.25, 0.3) is 0 Å². The minimum Gasteiger partial charge on any atom is -0.491 e. The first-order valence-electron chi connectivity index (χ1n) is 7.48. The molecule has 2 rings (SSSR count). The van der Waals surface area contributed by atoms with Gasteiger partial charge in [-0.05, 0) is 32.5 Å². The average molecular weight is 303 g/mol. The van der Waals surface area contributed by atoms with E-state index in [2.05, 4.69) is 18.0 Å². The molecule has 1 unspecified atom stereocenters. The van der Waals surface area contributed by atoms with Gasteiger partial charge in [-0.25, -0.2) is 4.98 Å². The Hall–Kier alpha value is -1.85. The molecule has 0 aliphatic heterocycles. The van der Waals surface area contributed by atoms with Gasteiger partial charge in [0.1, 0.15) is 24.3 Å². The van der Waals surface area contributed by atoms with E-state index in [-0.39, 0.29) is 6.61 Å². The number of ether oxygens (including phenoxy) is 1. The van der Waals surface area contributed by atoms with Crippen LogP contribution in [0.2, 0.25) is 0 Å². The molecule has 5 nitrogen and oxygen atoms in total. The number of nitrogens with zero attached hydrogens (tertiary/aromatic N) is 3. The van der Waals surface area contributed by atoms with Crippen molar-refractivity contribution < 1.29 is 9.84 Å². The Balaban J connectivity index is 1.80. The lowest BCUT2D eigenvalue weighted by molar-refractivity contribution is 0.0732. The molecular formula is C17H25N3O2. The highest BCUT2D eigenvalue weighted by Gasteiger charge is 2.12. The van der Waals surface area contributed by atoms with Gasteiger partial charge in [-0.15, -0.1) is 0 Å². The van der Waals surface area contributed by atoms with E-state index >= 15 is 0 Å². The van der Waals surface area contributed by atoms with Crippen LogP contribution >= 0.6 is 0 Å². The molecule has 0 spiro atoms. The lowest BCUT2D eigenvalue weighted by Crippen LogP contribution is -2.33. The normalized spacial score (nSPS) is 12.6. The highest BCUT2D eigenvalue weighted by molar-refractivity contribution is 5.35. The highest BCUT2D eigenvalue weighted by atomic mass is 16.5. The average Bonchev–Trinajstić information content (AvgIpc) is 2.83. The number of aryl methyl sites for hydroxylation is 3. The number of hydrogen-bond acceptors (Lipinski definition) is 4. The molecule has 1 aromatic heterocycles. The van der Waals surface area contributed by atoms with Gasteiger partial charge in [0.15, 0.2) is 0 Å². The van der Waals surface area contributed by atoms with Crippen LogP contribution in [-0.2, 0) is 13.6 Å². The number of rotatable bonds is 7. The molecule has 0 radical (unpaired) electrons.